The number of halogens is 1. The van der Waals surface area contributed by atoms with E-state index in [2.05, 4.69) is 5.32 Å². The van der Waals surface area contributed by atoms with E-state index >= 15 is 0 Å². The highest BCUT2D eigenvalue weighted by Crippen LogP contribution is 2.16. The lowest BCUT2D eigenvalue weighted by atomic mass is 10.1. The summed E-state index contributed by atoms with van der Waals surface area (Å²) in [7, 11) is 0. The number of anilines is 2. The Kier molecular flexibility index (Phi) is 3.60. The summed E-state index contributed by atoms with van der Waals surface area (Å²) in [5, 5.41) is 3.26. The molecule has 88 valence electrons. The van der Waals surface area contributed by atoms with Crippen LogP contribution in [-0.2, 0) is 6.42 Å². The molecule has 0 aliphatic rings. The predicted octanol–water partition coefficient (Wildman–Crippen LogP) is 3.06. The zero-order valence-electron chi connectivity index (χ0n) is 9.49. The second-order valence-corrected chi connectivity index (χ2v) is 3.89. The van der Waals surface area contributed by atoms with Gasteiger partial charge in [0.15, 0.2) is 0 Å². The molecular weight excluding hydrogens is 215 g/mol. The van der Waals surface area contributed by atoms with Gasteiger partial charge in [0.1, 0.15) is 5.82 Å². The first kappa shape index (κ1) is 11.5. The maximum Gasteiger partial charge on any atom is 0.123 e. The number of nitrogen functional groups attached to an aromatic ring is 1. The Morgan fingerprint density at radius 3 is 2.41 bits per heavy atom. The average molecular weight is 230 g/mol. The van der Waals surface area contributed by atoms with Gasteiger partial charge in [0.05, 0.1) is 11.4 Å². The van der Waals surface area contributed by atoms with Crippen LogP contribution in [0.2, 0.25) is 0 Å². The second kappa shape index (κ2) is 5.34. The van der Waals surface area contributed by atoms with E-state index in [-0.39, 0.29) is 5.82 Å². The van der Waals surface area contributed by atoms with Crippen LogP contribution in [0.15, 0.2) is 48.5 Å². The molecule has 0 aliphatic carbocycles. The summed E-state index contributed by atoms with van der Waals surface area (Å²) in [5.41, 5.74) is 8.59. The van der Waals surface area contributed by atoms with Crippen LogP contribution in [0.4, 0.5) is 15.8 Å². The van der Waals surface area contributed by atoms with E-state index in [0.29, 0.717) is 0 Å². The number of nitrogens with one attached hydrogen (secondary N) is 1. The van der Waals surface area contributed by atoms with Crippen molar-refractivity contribution in [1.29, 1.82) is 0 Å². The Balaban J connectivity index is 1.88. The second-order valence-electron chi connectivity index (χ2n) is 3.89. The van der Waals surface area contributed by atoms with Gasteiger partial charge in [-0.25, -0.2) is 4.39 Å². The highest BCUT2D eigenvalue weighted by Gasteiger charge is 1.97. The average Bonchev–Trinajstić information content (AvgIpc) is 2.34. The number of hydrogen-bond acceptors (Lipinski definition) is 2. The van der Waals surface area contributed by atoms with Crippen LogP contribution in [-0.4, -0.2) is 6.54 Å². The topological polar surface area (TPSA) is 38.0 Å². The van der Waals surface area contributed by atoms with Crippen molar-refractivity contribution in [2.45, 2.75) is 6.42 Å². The zero-order valence-corrected chi connectivity index (χ0v) is 9.49. The Labute approximate surface area is 100 Å². The molecule has 3 heteroatoms. The standard InChI is InChI=1S/C14H15FN2/c15-12-7-5-11(6-8-12)9-10-17-14-4-2-1-3-13(14)16/h1-8,17H,9-10,16H2. The van der Waals surface area contributed by atoms with E-state index in [9.17, 15) is 4.39 Å². The van der Waals surface area contributed by atoms with Crippen LogP contribution in [0.5, 0.6) is 0 Å². The lowest BCUT2D eigenvalue weighted by Crippen LogP contribution is -2.06. The number of para-hydroxylation sites is 2. The molecule has 17 heavy (non-hydrogen) atoms. The van der Waals surface area contributed by atoms with E-state index in [4.69, 9.17) is 5.73 Å². The summed E-state index contributed by atoms with van der Waals surface area (Å²) in [4.78, 5) is 0. The summed E-state index contributed by atoms with van der Waals surface area (Å²) in [6.07, 6.45) is 0.842. The zero-order chi connectivity index (χ0) is 12.1. The van der Waals surface area contributed by atoms with Gasteiger partial charge in [-0.3, -0.25) is 0 Å². The molecule has 0 fully saturated rings. The number of hydrogen-bond donors (Lipinski definition) is 2. The summed E-state index contributed by atoms with van der Waals surface area (Å²) in [5.74, 6) is -0.200. The maximum atomic E-state index is 12.7. The van der Waals surface area contributed by atoms with Gasteiger partial charge in [0, 0.05) is 6.54 Å². The molecule has 0 aliphatic heterocycles. The monoisotopic (exact) mass is 230 g/mol. The van der Waals surface area contributed by atoms with Crippen molar-refractivity contribution in [3.8, 4) is 0 Å². The van der Waals surface area contributed by atoms with Crippen molar-refractivity contribution in [1.82, 2.24) is 0 Å². The van der Waals surface area contributed by atoms with E-state index in [1.54, 1.807) is 12.1 Å². The molecule has 0 saturated carbocycles. The summed E-state index contributed by atoms with van der Waals surface area (Å²) in [6.45, 7) is 0.778. The SMILES string of the molecule is Nc1ccccc1NCCc1ccc(F)cc1. The molecular formula is C14H15FN2. The van der Waals surface area contributed by atoms with Gasteiger partial charge in [-0.15, -0.1) is 0 Å². The largest absolute Gasteiger partial charge is 0.397 e. The molecule has 2 nitrogen and oxygen atoms in total. The van der Waals surface area contributed by atoms with Crippen molar-refractivity contribution in [2.75, 3.05) is 17.6 Å². The van der Waals surface area contributed by atoms with Gasteiger partial charge < -0.3 is 11.1 Å². The number of rotatable bonds is 4. The van der Waals surface area contributed by atoms with Crippen LogP contribution in [0.25, 0.3) is 0 Å². The van der Waals surface area contributed by atoms with Crippen LogP contribution < -0.4 is 11.1 Å². The maximum absolute atomic E-state index is 12.7. The lowest BCUT2D eigenvalue weighted by molar-refractivity contribution is 0.627. The number of nitrogens with two attached hydrogens (primary N) is 1. The molecule has 0 unspecified atom stereocenters. The van der Waals surface area contributed by atoms with E-state index in [0.717, 1.165) is 29.9 Å². The smallest absolute Gasteiger partial charge is 0.123 e. The highest BCUT2D eigenvalue weighted by atomic mass is 19.1. The van der Waals surface area contributed by atoms with Crippen molar-refractivity contribution in [3.05, 3.63) is 59.9 Å². The summed E-state index contributed by atoms with van der Waals surface area (Å²) < 4.78 is 12.7. The fourth-order valence-electron chi connectivity index (χ4n) is 1.65. The third-order valence-corrected chi connectivity index (χ3v) is 2.60. The van der Waals surface area contributed by atoms with E-state index in [1.165, 1.54) is 12.1 Å². The van der Waals surface area contributed by atoms with Crippen LogP contribution in [0, 0.1) is 5.82 Å². The van der Waals surface area contributed by atoms with Crippen LogP contribution in [0.1, 0.15) is 5.56 Å². The fraction of sp³-hybridized carbons (Fsp3) is 0.143. The Morgan fingerprint density at radius 1 is 1.00 bits per heavy atom. The molecule has 2 rings (SSSR count). The minimum absolute atomic E-state index is 0.200. The molecule has 0 atom stereocenters. The van der Waals surface area contributed by atoms with Gasteiger partial charge in [-0.05, 0) is 36.2 Å². The molecule has 0 saturated heterocycles. The molecule has 3 N–H and O–H groups in total. The van der Waals surface area contributed by atoms with Crippen LogP contribution >= 0.6 is 0 Å². The first-order valence-electron chi connectivity index (χ1n) is 5.58. The van der Waals surface area contributed by atoms with Crippen molar-refractivity contribution in [3.63, 3.8) is 0 Å². The molecule has 0 spiro atoms. The number of benzene rings is 2. The normalized spacial score (nSPS) is 10.2. The van der Waals surface area contributed by atoms with E-state index < -0.39 is 0 Å². The predicted molar refractivity (Wildman–Crippen MR) is 69.4 cm³/mol. The fourth-order valence-corrected chi connectivity index (χ4v) is 1.65. The Morgan fingerprint density at radius 2 is 1.71 bits per heavy atom. The van der Waals surface area contributed by atoms with Gasteiger partial charge in [0.2, 0.25) is 0 Å². The van der Waals surface area contributed by atoms with Gasteiger partial charge in [-0.2, -0.15) is 0 Å². The quantitative estimate of drug-likeness (QED) is 0.792. The van der Waals surface area contributed by atoms with Crippen molar-refractivity contribution >= 4 is 11.4 Å². The first-order valence-corrected chi connectivity index (χ1v) is 5.58. The van der Waals surface area contributed by atoms with Crippen molar-refractivity contribution in [2.24, 2.45) is 0 Å². The third-order valence-electron chi connectivity index (χ3n) is 2.60. The van der Waals surface area contributed by atoms with Crippen LogP contribution in [0.3, 0.4) is 0 Å². The van der Waals surface area contributed by atoms with E-state index in [1.807, 2.05) is 24.3 Å². The summed E-state index contributed by atoms with van der Waals surface area (Å²) in [6, 6.07) is 14.2. The summed E-state index contributed by atoms with van der Waals surface area (Å²) >= 11 is 0. The lowest BCUT2D eigenvalue weighted by Gasteiger charge is -2.08. The van der Waals surface area contributed by atoms with Gasteiger partial charge >= 0.3 is 0 Å². The molecule has 2 aromatic rings. The Bertz CT molecular complexity index is 480. The van der Waals surface area contributed by atoms with Gasteiger partial charge in [0.25, 0.3) is 0 Å². The minimum Gasteiger partial charge on any atom is -0.397 e. The molecule has 2 aromatic carbocycles. The minimum atomic E-state index is -0.200. The molecule has 0 aromatic heterocycles. The first-order chi connectivity index (χ1) is 8.25. The molecule has 0 radical (unpaired) electrons. The van der Waals surface area contributed by atoms with Crippen molar-refractivity contribution < 1.29 is 4.39 Å². The molecule has 0 bridgehead atoms. The molecule has 0 amide bonds. The van der Waals surface area contributed by atoms with Gasteiger partial charge in [-0.1, -0.05) is 24.3 Å². The third kappa shape index (κ3) is 3.21. The Hall–Kier alpha value is -2.03. The highest BCUT2D eigenvalue weighted by molar-refractivity contribution is 5.65. The molecule has 0 heterocycles.